The van der Waals surface area contributed by atoms with Gasteiger partial charge in [-0.3, -0.25) is 0 Å². The number of hydrogen-bond acceptors (Lipinski definition) is 1. The van der Waals surface area contributed by atoms with Crippen molar-refractivity contribution in [1.29, 1.82) is 0 Å². The van der Waals surface area contributed by atoms with Crippen LogP contribution in [-0.2, 0) is 0 Å². The van der Waals surface area contributed by atoms with Crippen LogP contribution in [0.15, 0.2) is 0 Å². The summed E-state index contributed by atoms with van der Waals surface area (Å²) in [7, 11) is 0. The first-order chi connectivity index (χ1) is 5.48. The maximum absolute atomic E-state index is 11.9. The summed E-state index contributed by atoms with van der Waals surface area (Å²) in [5, 5.41) is 8.37. The van der Waals surface area contributed by atoms with E-state index in [9.17, 15) is 13.2 Å². The molecule has 0 aromatic heterocycles. The zero-order chi connectivity index (χ0) is 9.61. The molecule has 0 aromatic carbocycles. The number of aliphatic hydroxyl groups excluding tert-OH is 1. The van der Waals surface area contributed by atoms with E-state index in [1.165, 1.54) is 6.92 Å². The highest BCUT2D eigenvalue weighted by Crippen LogP contribution is 2.29. The molecular weight excluding hydrogens is 169 g/mol. The van der Waals surface area contributed by atoms with Gasteiger partial charge in [0.15, 0.2) is 0 Å². The van der Waals surface area contributed by atoms with Crippen LogP contribution in [-0.4, -0.2) is 17.9 Å². The van der Waals surface area contributed by atoms with E-state index in [1.807, 2.05) is 0 Å². The predicted molar refractivity (Wildman–Crippen MR) is 40.8 cm³/mol. The Morgan fingerprint density at radius 1 is 1.17 bits per heavy atom. The Morgan fingerprint density at radius 2 is 1.75 bits per heavy atom. The van der Waals surface area contributed by atoms with Crippen LogP contribution in [0.4, 0.5) is 13.2 Å². The van der Waals surface area contributed by atoms with E-state index in [1.54, 1.807) is 0 Å². The molecule has 0 aliphatic heterocycles. The first-order valence-electron chi connectivity index (χ1n) is 4.16. The van der Waals surface area contributed by atoms with Crippen molar-refractivity contribution in [2.75, 3.05) is 6.61 Å². The summed E-state index contributed by atoms with van der Waals surface area (Å²) in [6.07, 6.45) is -2.06. The van der Waals surface area contributed by atoms with Crippen LogP contribution in [0.3, 0.4) is 0 Å². The lowest BCUT2D eigenvalue weighted by molar-refractivity contribution is -0.171. The summed E-state index contributed by atoms with van der Waals surface area (Å²) in [6, 6.07) is 0. The highest BCUT2D eigenvalue weighted by atomic mass is 19.4. The molecule has 1 unspecified atom stereocenters. The largest absolute Gasteiger partial charge is 0.396 e. The smallest absolute Gasteiger partial charge is 0.391 e. The van der Waals surface area contributed by atoms with E-state index >= 15 is 0 Å². The van der Waals surface area contributed by atoms with Crippen LogP contribution in [0.5, 0.6) is 0 Å². The molecule has 12 heavy (non-hydrogen) atoms. The number of unbranched alkanes of at least 4 members (excludes halogenated alkanes) is 2. The minimum Gasteiger partial charge on any atom is -0.396 e. The minimum absolute atomic E-state index is 0.0698. The Hall–Kier alpha value is -0.250. The van der Waals surface area contributed by atoms with Crippen molar-refractivity contribution in [2.45, 2.75) is 38.8 Å². The van der Waals surface area contributed by atoms with Crippen LogP contribution in [0, 0.1) is 5.92 Å². The lowest BCUT2D eigenvalue weighted by Gasteiger charge is -2.14. The molecule has 0 aliphatic carbocycles. The molecule has 0 amide bonds. The molecule has 0 saturated carbocycles. The highest BCUT2D eigenvalue weighted by Gasteiger charge is 2.34. The van der Waals surface area contributed by atoms with Gasteiger partial charge in [-0.2, -0.15) is 13.2 Å². The van der Waals surface area contributed by atoms with Crippen molar-refractivity contribution in [2.24, 2.45) is 5.92 Å². The Labute approximate surface area is 70.6 Å². The second-order valence-electron chi connectivity index (χ2n) is 3.02. The van der Waals surface area contributed by atoms with Crippen LogP contribution < -0.4 is 0 Å². The Kier molecular flexibility index (Phi) is 5.29. The van der Waals surface area contributed by atoms with Crippen molar-refractivity contribution in [1.82, 2.24) is 0 Å². The fraction of sp³-hybridized carbons (Fsp3) is 1.00. The average molecular weight is 184 g/mol. The van der Waals surface area contributed by atoms with Crippen LogP contribution >= 0.6 is 0 Å². The van der Waals surface area contributed by atoms with Crippen LogP contribution in [0.25, 0.3) is 0 Å². The van der Waals surface area contributed by atoms with Crippen molar-refractivity contribution >= 4 is 0 Å². The van der Waals surface area contributed by atoms with E-state index in [2.05, 4.69) is 0 Å². The Morgan fingerprint density at radius 3 is 2.17 bits per heavy atom. The Balaban J connectivity index is 3.38. The molecule has 0 heterocycles. The zero-order valence-corrected chi connectivity index (χ0v) is 7.19. The van der Waals surface area contributed by atoms with Crippen molar-refractivity contribution < 1.29 is 18.3 Å². The molecule has 0 rings (SSSR count). The van der Waals surface area contributed by atoms with Crippen LogP contribution in [0.2, 0.25) is 0 Å². The van der Waals surface area contributed by atoms with Crippen molar-refractivity contribution in [3.63, 3.8) is 0 Å². The van der Waals surface area contributed by atoms with Crippen molar-refractivity contribution in [3.05, 3.63) is 0 Å². The molecule has 0 aliphatic rings. The van der Waals surface area contributed by atoms with Gasteiger partial charge in [0.2, 0.25) is 0 Å². The molecule has 1 atom stereocenters. The second-order valence-corrected chi connectivity index (χ2v) is 3.02. The first kappa shape index (κ1) is 11.8. The van der Waals surface area contributed by atoms with E-state index in [-0.39, 0.29) is 13.0 Å². The van der Waals surface area contributed by atoms with Gasteiger partial charge < -0.3 is 5.11 Å². The fourth-order valence-corrected chi connectivity index (χ4v) is 0.903. The van der Waals surface area contributed by atoms with Gasteiger partial charge in [0, 0.05) is 6.61 Å². The third-order valence-corrected chi connectivity index (χ3v) is 1.85. The third-order valence-electron chi connectivity index (χ3n) is 1.85. The highest BCUT2D eigenvalue weighted by molar-refractivity contribution is 4.61. The SMILES string of the molecule is CC(CCCCCO)C(F)(F)F. The monoisotopic (exact) mass is 184 g/mol. The van der Waals surface area contributed by atoms with Gasteiger partial charge >= 0.3 is 6.18 Å². The van der Waals surface area contributed by atoms with Gasteiger partial charge in [-0.05, 0) is 12.8 Å². The maximum Gasteiger partial charge on any atom is 0.391 e. The lowest BCUT2D eigenvalue weighted by Crippen LogP contribution is -2.19. The number of halogens is 3. The summed E-state index contributed by atoms with van der Waals surface area (Å²) >= 11 is 0. The molecular formula is C8H15F3O. The summed E-state index contributed by atoms with van der Waals surface area (Å²) in [5.41, 5.74) is 0. The van der Waals surface area contributed by atoms with E-state index in [4.69, 9.17) is 5.11 Å². The van der Waals surface area contributed by atoms with E-state index in [0.717, 1.165) is 0 Å². The van der Waals surface area contributed by atoms with Gasteiger partial charge in [0.25, 0.3) is 0 Å². The third kappa shape index (κ3) is 5.41. The predicted octanol–water partition coefficient (Wildman–Crippen LogP) is 2.74. The van der Waals surface area contributed by atoms with Gasteiger partial charge in [-0.15, -0.1) is 0 Å². The second kappa shape index (κ2) is 5.41. The topological polar surface area (TPSA) is 20.2 Å². The molecule has 0 bridgehead atoms. The summed E-state index contributed by atoms with van der Waals surface area (Å²) < 4.78 is 35.7. The minimum atomic E-state index is -4.06. The summed E-state index contributed by atoms with van der Waals surface area (Å²) in [4.78, 5) is 0. The molecule has 0 fully saturated rings. The van der Waals surface area contributed by atoms with Gasteiger partial charge in [-0.25, -0.2) is 0 Å². The number of aliphatic hydroxyl groups is 1. The summed E-state index contributed by atoms with van der Waals surface area (Å²) in [5.74, 6) is -1.21. The van der Waals surface area contributed by atoms with E-state index < -0.39 is 12.1 Å². The van der Waals surface area contributed by atoms with Crippen molar-refractivity contribution in [3.8, 4) is 0 Å². The van der Waals surface area contributed by atoms with Gasteiger partial charge in [0.1, 0.15) is 0 Å². The normalized spacial score (nSPS) is 14.8. The zero-order valence-electron chi connectivity index (χ0n) is 7.19. The average Bonchev–Trinajstić information content (AvgIpc) is 1.96. The number of hydrogen-bond donors (Lipinski definition) is 1. The fourth-order valence-electron chi connectivity index (χ4n) is 0.903. The molecule has 0 radical (unpaired) electrons. The van der Waals surface area contributed by atoms with E-state index in [0.29, 0.717) is 19.3 Å². The standard InChI is InChI=1S/C8H15F3O/c1-7(8(9,10)11)5-3-2-4-6-12/h7,12H,2-6H2,1H3. The molecule has 4 heteroatoms. The molecule has 1 N–H and O–H groups in total. The Bertz CT molecular complexity index is 111. The number of alkyl halides is 3. The number of rotatable bonds is 5. The molecule has 0 saturated heterocycles. The lowest BCUT2D eigenvalue weighted by atomic mass is 10.0. The quantitative estimate of drug-likeness (QED) is 0.651. The van der Waals surface area contributed by atoms with Crippen LogP contribution in [0.1, 0.15) is 32.6 Å². The maximum atomic E-state index is 11.9. The molecule has 1 nitrogen and oxygen atoms in total. The van der Waals surface area contributed by atoms with Gasteiger partial charge in [-0.1, -0.05) is 19.8 Å². The molecule has 74 valence electrons. The van der Waals surface area contributed by atoms with Gasteiger partial charge in [0.05, 0.1) is 5.92 Å². The summed E-state index contributed by atoms with van der Waals surface area (Å²) in [6.45, 7) is 1.26. The molecule has 0 aromatic rings. The molecule has 0 spiro atoms. The first-order valence-corrected chi connectivity index (χ1v) is 4.16.